The zero-order valence-electron chi connectivity index (χ0n) is 15.5. The van der Waals surface area contributed by atoms with E-state index in [0.29, 0.717) is 30.8 Å². The van der Waals surface area contributed by atoms with Crippen LogP contribution in [0, 0.1) is 6.92 Å². The molecule has 2 N–H and O–H groups in total. The van der Waals surface area contributed by atoms with Crippen molar-refractivity contribution in [3.05, 3.63) is 69.9 Å². The molecule has 0 atom stereocenters. The molecule has 7 nitrogen and oxygen atoms in total. The van der Waals surface area contributed by atoms with Gasteiger partial charge in [0.1, 0.15) is 5.01 Å². The van der Waals surface area contributed by atoms with Gasteiger partial charge >= 0.3 is 0 Å². The van der Waals surface area contributed by atoms with Crippen LogP contribution in [0.2, 0.25) is 0 Å². The van der Waals surface area contributed by atoms with Crippen molar-refractivity contribution >= 4 is 28.8 Å². The van der Waals surface area contributed by atoms with Crippen LogP contribution in [0.5, 0.6) is 0 Å². The molecule has 0 unspecified atom stereocenters. The number of rotatable bonds is 8. The SMILES string of the molecule is Cc1ccccc1NC(=O)c1nnc(CCCC(=O)NCc2ccccn2)s1. The van der Waals surface area contributed by atoms with Crippen molar-refractivity contribution in [3.8, 4) is 0 Å². The maximum Gasteiger partial charge on any atom is 0.286 e. The highest BCUT2D eigenvalue weighted by molar-refractivity contribution is 7.13. The number of anilines is 1. The third kappa shape index (κ3) is 5.68. The Kier molecular flexibility index (Phi) is 6.80. The van der Waals surface area contributed by atoms with Crippen molar-refractivity contribution in [1.82, 2.24) is 20.5 Å². The number of nitrogens with one attached hydrogen (secondary N) is 2. The second-order valence-electron chi connectivity index (χ2n) is 6.22. The molecule has 144 valence electrons. The van der Waals surface area contributed by atoms with Gasteiger partial charge in [-0.15, -0.1) is 10.2 Å². The monoisotopic (exact) mass is 395 g/mol. The third-order valence-electron chi connectivity index (χ3n) is 4.04. The summed E-state index contributed by atoms with van der Waals surface area (Å²) in [5, 5.41) is 14.8. The van der Waals surface area contributed by atoms with Crippen LogP contribution in [0.4, 0.5) is 5.69 Å². The summed E-state index contributed by atoms with van der Waals surface area (Å²) >= 11 is 1.25. The maximum atomic E-state index is 12.3. The van der Waals surface area contributed by atoms with Crippen molar-refractivity contribution in [2.24, 2.45) is 0 Å². The number of hydrogen-bond acceptors (Lipinski definition) is 6. The van der Waals surface area contributed by atoms with Gasteiger partial charge in [0.15, 0.2) is 0 Å². The molecule has 2 heterocycles. The van der Waals surface area contributed by atoms with E-state index in [-0.39, 0.29) is 11.8 Å². The summed E-state index contributed by atoms with van der Waals surface area (Å²) in [6.45, 7) is 2.35. The molecule has 2 amide bonds. The molecule has 0 radical (unpaired) electrons. The standard InChI is InChI=1S/C20H21N5O2S/c1-14-7-2-3-9-16(14)23-19(27)20-25-24-18(28-20)11-6-10-17(26)22-13-15-8-4-5-12-21-15/h2-5,7-9,12H,6,10-11,13H2,1H3,(H,22,26)(H,23,27). The summed E-state index contributed by atoms with van der Waals surface area (Å²) in [4.78, 5) is 28.4. The molecule has 0 aliphatic rings. The lowest BCUT2D eigenvalue weighted by molar-refractivity contribution is -0.121. The zero-order valence-corrected chi connectivity index (χ0v) is 16.3. The van der Waals surface area contributed by atoms with E-state index in [1.165, 1.54) is 11.3 Å². The van der Waals surface area contributed by atoms with Gasteiger partial charge in [-0.25, -0.2) is 0 Å². The molecule has 28 heavy (non-hydrogen) atoms. The number of pyridine rings is 1. The molecule has 0 aliphatic heterocycles. The van der Waals surface area contributed by atoms with Crippen molar-refractivity contribution in [3.63, 3.8) is 0 Å². The Labute approximate surface area is 167 Å². The summed E-state index contributed by atoms with van der Waals surface area (Å²) in [5.41, 5.74) is 2.57. The number of para-hydroxylation sites is 1. The second-order valence-corrected chi connectivity index (χ2v) is 7.28. The van der Waals surface area contributed by atoms with E-state index in [9.17, 15) is 9.59 Å². The first-order valence-electron chi connectivity index (χ1n) is 8.98. The first-order valence-corrected chi connectivity index (χ1v) is 9.79. The van der Waals surface area contributed by atoms with Crippen LogP contribution >= 0.6 is 11.3 Å². The van der Waals surface area contributed by atoms with E-state index < -0.39 is 0 Å². The van der Waals surface area contributed by atoms with E-state index in [2.05, 4.69) is 25.8 Å². The van der Waals surface area contributed by atoms with Crippen LogP contribution in [-0.2, 0) is 17.8 Å². The fraction of sp³-hybridized carbons (Fsp3) is 0.250. The van der Waals surface area contributed by atoms with Gasteiger partial charge in [0, 0.05) is 24.7 Å². The molecule has 0 saturated heterocycles. The van der Waals surface area contributed by atoms with Gasteiger partial charge in [-0.3, -0.25) is 14.6 Å². The molecule has 8 heteroatoms. The van der Waals surface area contributed by atoms with Crippen LogP contribution in [0.25, 0.3) is 0 Å². The van der Waals surface area contributed by atoms with Gasteiger partial charge in [0.25, 0.3) is 5.91 Å². The first-order chi connectivity index (χ1) is 13.6. The van der Waals surface area contributed by atoms with Crippen LogP contribution in [0.1, 0.15) is 38.9 Å². The van der Waals surface area contributed by atoms with E-state index >= 15 is 0 Å². The van der Waals surface area contributed by atoms with Gasteiger partial charge in [0.05, 0.1) is 12.2 Å². The fourth-order valence-corrected chi connectivity index (χ4v) is 3.29. The molecule has 1 aromatic carbocycles. The summed E-state index contributed by atoms with van der Waals surface area (Å²) in [5.74, 6) is -0.307. The van der Waals surface area contributed by atoms with Crippen molar-refractivity contribution < 1.29 is 9.59 Å². The lowest BCUT2D eigenvalue weighted by atomic mass is 10.2. The quantitative estimate of drug-likeness (QED) is 0.611. The number of benzene rings is 1. The normalized spacial score (nSPS) is 10.5. The molecule has 0 aliphatic carbocycles. The highest BCUT2D eigenvalue weighted by Crippen LogP contribution is 2.17. The van der Waals surface area contributed by atoms with Crippen LogP contribution in [-0.4, -0.2) is 27.0 Å². The Morgan fingerprint density at radius 3 is 2.68 bits per heavy atom. The average Bonchev–Trinajstić information content (AvgIpc) is 3.18. The Bertz CT molecular complexity index is 943. The second kappa shape index (κ2) is 9.70. The number of aromatic nitrogens is 3. The molecule has 0 spiro atoms. The smallest absolute Gasteiger partial charge is 0.286 e. The van der Waals surface area contributed by atoms with Gasteiger partial charge in [-0.2, -0.15) is 0 Å². The van der Waals surface area contributed by atoms with Gasteiger partial charge < -0.3 is 10.6 Å². The van der Waals surface area contributed by atoms with Crippen molar-refractivity contribution in [1.29, 1.82) is 0 Å². The number of nitrogens with zero attached hydrogens (tertiary/aromatic N) is 3. The number of amides is 2. The van der Waals surface area contributed by atoms with Crippen molar-refractivity contribution in [2.45, 2.75) is 32.7 Å². The van der Waals surface area contributed by atoms with Crippen LogP contribution < -0.4 is 10.6 Å². The summed E-state index contributed by atoms with van der Waals surface area (Å²) < 4.78 is 0. The highest BCUT2D eigenvalue weighted by Gasteiger charge is 2.14. The predicted octanol–water partition coefficient (Wildman–Crippen LogP) is 3.13. The van der Waals surface area contributed by atoms with Crippen molar-refractivity contribution in [2.75, 3.05) is 5.32 Å². The molecular weight excluding hydrogens is 374 g/mol. The summed E-state index contributed by atoms with van der Waals surface area (Å²) in [6, 6.07) is 13.1. The highest BCUT2D eigenvalue weighted by atomic mass is 32.1. The van der Waals surface area contributed by atoms with E-state index in [1.54, 1.807) is 6.20 Å². The molecule has 2 aromatic heterocycles. The Morgan fingerprint density at radius 2 is 1.89 bits per heavy atom. The molecule has 0 fully saturated rings. The van der Waals surface area contributed by atoms with Gasteiger partial charge in [-0.05, 0) is 37.1 Å². The minimum atomic E-state index is -0.272. The number of aryl methyl sites for hydroxylation is 2. The number of hydrogen-bond donors (Lipinski definition) is 2. The predicted molar refractivity (Wildman–Crippen MR) is 108 cm³/mol. The zero-order chi connectivity index (χ0) is 19.8. The minimum Gasteiger partial charge on any atom is -0.350 e. The van der Waals surface area contributed by atoms with E-state index in [1.807, 2.05) is 49.4 Å². The molecule has 3 aromatic rings. The fourth-order valence-electron chi connectivity index (χ4n) is 2.52. The topological polar surface area (TPSA) is 96.9 Å². The van der Waals surface area contributed by atoms with Crippen LogP contribution in [0.15, 0.2) is 48.7 Å². The largest absolute Gasteiger partial charge is 0.350 e. The van der Waals surface area contributed by atoms with Crippen LogP contribution in [0.3, 0.4) is 0 Å². The van der Waals surface area contributed by atoms with Gasteiger partial charge in [-0.1, -0.05) is 35.6 Å². The number of carbonyl (C=O) groups excluding carboxylic acids is 2. The molecular formula is C20H21N5O2S. The Morgan fingerprint density at radius 1 is 1.07 bits per heavy atom. The lowest BCUT2D eigenvalue weighted by Gasteiger charge is -2.05. The molecule has 0 saturated carbocycles. The van der Waals surface area contributed by atoms with Gasteiger partial charge in [0.2, 0.25) is 10.9 Å². The van der Waals surface area contributed by atoms with E-state index in [0.717, 1.165) is 22.0 Å². The summed E-state index contributed by atoms with van der Waals surface area (Å²) in [7, 11) is 0. The average molecular weight is 395 g/mol. The number of carbonyl (C=O) groups is 2. The third-order valence-corrected chi connectivity index (χ3v) is 5.02. The Balaban J connectivity index is 1.42. The minimum absolute atomic E-state index is 0.0345. The maximum absolute atomic E-state index is 12.3. The molecule has 3 rings (SSSR count). The lowest BCUT2D eigenvalue weighted by Crippen LogP contribution is -2.22. The first kappa shape index (κ1) is 19.6. The molecule has 0 bridgehead atoms. The Hall–Kier alpha value is -3.13. The summed E-state index contributed by atoms with van der Waals surface area (Å²) in [6.07, 6.45) is 3.33. The van der Waals surface area contributed by atoms with E-state index in [4.69, 9.17) is 0 Å².